The lowest BCUT2D eigenvalue weighted by atomic mass is 9.86. The highest BCUT2D eigenvalue weighted by molar-refractivity contribution is 5.43. The molecule has 0 spiro atoms. The van der Waals surface area contributed by atoms with Crippen LogP contribution in [-0.2, 0) is 7.05 Å². The molecule has 2 fully saturated rings. The largest absolute Gasteiger partial charge is 0.384 e. The quantitative estimate of drug-likeness (QED) is 0.764. The van der Waals surface area contributed by atoms with Crippen molar-refractivity contribution in [1.29, 1.82) is 0 Å². The number of aromatic nitrogens is 2. The Hall–Kier alpha value is -0.990. The van der Waals surface area contributed by atoms with Crippen molar-refractivity contribution in [2.24, 2.45) is 18.9 Å². The van der Waals surface area contributed by atoms with Gasteiger partial charge in [0.1, 0.15) is 5.82 Å². The van der Waals surface area contributed by atoms with Gasteiger partial charge in [-0.05, 0) is 44.4 Å². The minimum atomic E-state index is 0.678. The Kier molecular flexibility index (Phi) is 1.85. The van der Waals surface area contributed by atoms with Crippen LogP contribution in [0.5, 0.6) is 0 Å². The Morgan fingerprint density at radius 2 is 2.07 bits per heavy atom. The molecule has 0 aliphatic heterocycles. The number of nitrogens with zero attached hydrogens (tertiary/aromatic N) is 2. The standard InChI is InChI=1S/C12H19N3/c1-7-11(14-15(2)12(7)13)9-4-3-8-5-10(8)6-9/h8-10H,3-6,13H2,1-2H3. The Bertz CT molecular complexity index is 394. The zero-order valence-electron chi connectivity index (χ0n) is 9.53. The van der Waals surface area contributed by atoms with E-state index >= 15 is 0 Å². The molecule has 3 unspecified atom stereocenters. The van der Waals surface area contributed by atoms with Gasteiger partial charge in [0.25, 0.3) is 0 Å². The number of nitrogens with two attached hydrogens (primary N) is 1. The molecule has 3 rings (SSSR count). The summed E-state index contributed by atoms with van der Waals surface area (Å²) >= 11 is 0. The maximum absolute atomic E-state index is 5.95. The Morgan fingerprint density at radius 1 is 1.27 bits per heavy atom. The van der Waals surface area contributed by atoms with E-state index in [2.05, 4.69) is 12.0 Å². The number of rotatable bonds is 1. The zero-order valence-corrected chi connectivity index (χ0v) is 9.53. The lowest BCUT2D eigenvalue weighted by Gasteiger charge is -2.19. The molecule has 1 aromatic heterocycles. The van der Waals surface area contributed by atoms with Crippen LogP contribution in [0.3, 0.4) is 0 Å². The first-order chi connectivity index (χ1) is 7.16. The SMILES string of the molecule is Cc1c(C2CCC3CC3C2)nn(C)c1N. The average Bonchev–Trinajstić information content (AvgIpc) is 2.96. The summed E-state index contributed by atoms with van der Waals surface area (Å²) in [4.78, 5) is 0. The molecule has 2 N–H and O–H groups in total. The van der Waals surface area contributed by atoms with Crippen molar-refractivity contribution in [3.63, 3.8) is 0 Å². The van der Waals surface area contributed by atoms with Gasteiger partial charge >= 0.3 is 0 Å². The number of fused-ring (bicyclic) bond motifs is 1. The fourth-order valence-corrected chi connectivity index (χ4v) is 3.15. The number of nitrogen functional groups attached to an aromatic ring is 1. The van der Waals surface area contributed by atoms with E-state index < -0.39 is 0 Å². The molecule has 2 saturated carbocycles. The van der Waals surface area contributed by atoms with Crippen LogP contribution in [0.15, 0.2) is 0 Å². The summed E-state index contributed by atoms with van der Waals surface area (Å²) in [6.45, 7) is 2.11. The maximum atomic E-state index is 5.95. The minimum absolute atomic E-state index is 0.678. The fraction of sp³-hybridized carbons (Fsp3) is 0.750. The predicted molar refractivity (Wildman–Crippen MR) is 60.5 cm³/mol. The lowest BCUT2D eigenvalue weighted by Crippen LogP contribution is -2.08. The second-order valence-corrected chi connectivity index (χ2v) is 5.28. The molecule has 3 nitrogen and oxygen atoms in total. The van der Waals surface area contributed by atoms with Gasteiger partial charge in [-0.3, -0.25) is 4.68 Å². The molecule has 2 aliphatic rings. The van der Waals surface area contributed by atoms with Crippen molar-refractivity contribution in [1.82, 2.24) is 9.78 Å². The van der Waals surface area contributed by atoms with E-state index in [4.69, 9.17) is 5.73 Å². The van der Waals surface area contributed by atoms with Gasteiger partial charge in [-0.2, -0.15) is 5.10 Å². The fourth-order valence-electron chi connectivity index (χ4n) is 3.15. The highest BCUT2D eigenvalue weighted by Gasteiger charge is 2.43. The maximum Gasteiger partial charge on any atom is 0.124 e. The normalized spacial score (nSPS) is 33.9. The monoisotopic (exact) mass is 205 g/mol. The first-order valence-electron chi connectivity index (χ1n) is 5.95. The molecule has 1 aromatic rings. The van der Waals surface area contributed by atoms with E-state index in [9.17, 15) is 0 Å². The van der Waals surface area contributed by atoms with Crippen molar-refractivity contribution in [2.75, 3.05) is 5.73 Å². The van der Waals surface area contributed by atoms with Crippen molar-refractivity contribution >= 4 is 5.82 Å². The Morgan fingerprint density at radius 3 is 2.67 bits per heavy atom. The van der Waals surface area contributed by atoms with E-state index in [1.54, 1.807) is 0 Å². The van der Waals surface area contributed by atoms with Gasteiger partial charge in [0.15, 0.2) is 0 Å². The average molecular weight is 205 g/mol. The van der Waals surface area contributed by atoms with Gasteiger partial charge < -0.3 is 5.73 Å². The highest BCUT2D eigenvalue weighted by Crippen LogP contribution is 2.54. The van der Waals surface area contributed by atoms with Crippen LogP contribution in [0.25, 0.3) is 0 Å². The van der Waals surface area contributed by atoms with Crippen LogP contribution in [0.4, 0.5) is 5.82 Å². The zero-order chi connectivity index (χ0) is 10.6. The van der Waals surface area contributed by atoms with E-state index in [0.717, 1.165) is 17.7 Å². The summed E-state index contributed by atoms with van der Waals surface area (Å²) < 4.78 is 1.82. The van der Waals surface area contributed by atoms with Crippen LogP contribution >= 0.6 is 0 Å². The molecule has 3 heteroatoms. The van der Waals surface area contributed by atoms with Crippen LogP contribution in [0, 0.1) is 18.8 Å². The third-order valence-corrected chi connectivity index (χ3v) is 4.30. The number of anilines is 1. The second-order valence-electron chi connectivity index (χ2n) is 5.28. The topological polar surface area (TPSA) is 43.8 Å². The van der Waals surface area contributed by atoms with E-state index in [0.29, 0.717) is 5.92 Å². The molecular weight excluding hydrogens is 186 g/mol. The third-order valence-electron chi connectivity index (χ3n) is 4.30. The number of aryl methyl sites for hydroxylation is 1. The van der Waals surface area contributed by atoms with Crippen LogP contribution in [0.2, 0.25) is 0 Å². The molecule has 3 atom stereocenters. The first kappa shape index (κ1) is 9.25. The molecule has 0 bridgehead atoms. The number of hydrogen-bond acceptors (Lipinski definition) is 2. The Labute approximate surface area is 90.7 Å². The molecule has 0 saturated heterocycles. The smallest absolute Gasteiger partial charge is 0.124 e. The molecule has 82 valence electrons. The van der Waals surface area contributed by atoms with Crippen molar-refractivity contribution in [3.8, 4) is 0 Å². The van der Waals surface area contributed by atoms with Gasteiger partial charge in [-0.25, -0.2) is 0 Å². The van der Waals surface area contributed by atoms with Crippen molar-refractivity contribution < 1.29 is 0 Å². The molecule has 0 aromatic carbocycles. The lowest BCUT2D eigenvalue weighted by molar-refractivity contribution is 0.414. The molecule has 0 amide bonds. The summed E-state index contributed by atoms with van der Waals surface area (Å²) in [7, 11) is 1.94. The molecule has 0 radical (unpaired) electrons. The summed E-state index contributed by atoms with van der Waals surface area (Å²) in [5, 5.41) is 4.58. The van der Waals surface area contributed by atoms with Gasteiger partial charge in [-0.15, -0.1) is 0 Å². The van der Waals surface area contributed by atoms with Gasteiger partial charge in [-0.1, -0.05) is 0 Å². The Balaban J connectivity index is 1.88. The van der Waals surface area contributed by atoms with Gasteiger partial charge in [0.05, 0.1) is 5.69 Å². The van der Waals surface area contributed by atoms with E-state index in [1.165, 1.54) is 36.9 Å². The summed E-state index contributed by atoms with van der Waals surface area (Å²) in [6, 6.07) is 0. The molecule has 2 aliphatic carbocycles. The minimum Gasteiger partial charge on any atom is -0.384 e. The van der Waals surface area contributed by atoms with Crippen LogP contribution < -0.4 is 5.73 Å². The van der Waals surface area contributed by atoms with Crippen LogP contribution in [-0.4, -0.2) is 9.78 Å². The second kappa shape index (κ2) is 3.00. The summed E-state index contributed by atoms with van der Waals surface area (Å²) in [5.74, 6) is 3.58. The van der Waals surface area contributed by atoms with E-state index in [1.807, 2.05) is 11.7 Å². The molecular formula is C12H19N3. The predicted octanol–water partition coefficient (Wildman–Crippen LogP) is 2.21. The van der Waals surface area contributed by atoms with Gasteiger partial charge in [0, 0.05) is 18.5 Å². The highest BCUT2D eigenvalue weighted by atomic mass is 15.3. The summed E-state index contributed by atoms with van der Waals surface area (Å²) in [6.07, 6.45) is 5.55. The molecule has 1 heterocycles. The molecule has 15 heavy (non-hydrogen) atoms. The van der Waals surface area contributed by atoms with Gasteiger partial charge in [0.2, 0.25) is 0 Å². The third kappa shape index (κ3) is 1.36. The first-order valence-corrected chi connectivity index (χ1v) is 5.95. The van der Waals surface area contributed by atoms with Crippen LogP contribution in [0.1, 0.15) is 42.9 Å². The van der Waals surface area contributed by atoms with Crippen molar-refractivity contribution in [3.05, 3.63) is 11.3 Å². The van der Waals surface area contributed by atoms with E-state index in [-0.39, 0.29) is 0 Å². The van der Waals surface area contributed by atoms with Crippen molar-refractivity contribution in [2.45, 2.75) is 38.5 Å². The summed E-state index contributed by atoms with van der Waals surface area (Å²) in [5.41, 5.74) is 8.43. The number of hydrogen-bond donors (Lipinski definition) is 1.